The monoisotopic (exact) mass is 295 g/mol. The molecular formula is C13H17N3OS2. The average molecular weight is 295 g/mol. The SMILES string of the molecule is CCN(Cc1cccs1)C(=O)c1csc(C(C)N)n1. The van der Waals surface area contributed by atoms with Crippen LogP contribution < -0.4 is 5.73 Å². The van der Waals surface area contributed by atoms with Gasteiger partial charge in [-0.05, 0) is 25.3 Å². The van der Waals surface area contributed by atoms with Gasteiger partial charge in [0.25, 0.3) is 5.91 Å². The minimum atomic E-state index is -0.126. The Morgan fingerprint density at radius 2 is 2.32 bits per heavy atom. The number of nitrogens with two attached hydrogens (primary N) is 1. The number of rotatable bonds is 5. The fourth-order valence-electron chi connectivity index (χ4n) is 1.67. The largest absolute Gasteiger partial charge is 0.332 e. The summed E-state index contributed by atoms with van der Waals surface area (Å²) in [4.78, 5) is 19.7. The van der Waals surface area contributed by atoms with Crippen LogP contribution in [0.15, 0.2) is 22.9 Å². The predicted molar refractivity (Wildman–Crippen MR) is 79.4 cm³/mol. The Morgan fingerprint density at radius 3 is 2.84 bits per heavy atom. The molecule has 0 saturated carbocycles. The van der Waals surface area contributed by atoms with E-state index >= 15 is 0 Å². The summed E-state index contributed by atoms with van der Waals surface area (Å²) in [5, 5.41) is 4.61. The Morgan fingerprint density at radius 1 is 1.53 bits per heavy atom. The van der Waals surface area contributed by atoms with Crippen molar-refractivity contribution in [2.45, 2.75) is 26.4 Å². The van der Waals surface area contributed by atoms with Gasteiger partial charge in [0, 0.05) is 16.8 Å². The van der Waals surface area contributed by atoms with Crippen molar-refractivity contribution < 1.29 is 4.79 Å². The maximum atomic E-state index is 12.4. The molecule has 2 heterocycles. The highest BCUT2D eigenvalue weighted by Crippen LogP contribution is 2.19. The molecule has 1 unspecified atom stereocenters. The first kappa shape index (κ1) is 14.2. The minimum absolute atomic E-state index is 0.0287. The lowest BCUT2D eigenvalue weighted by atomic mass is 10.3. The van der Waals surface area contributed by atoms with Gasteiger partial charge < -0.3 is 10.6 Å². The molecule has 2 aromatic heterocycles. The van der Waals surface area contributed by atoms with Crippen molar-refractivity contribution in [1.82, 2.24) is 9.88 Å². The summed E-state index contributed by atoms with van der Waals surface area (Å²) in [5.74, 6) is -0.0287. The van der Waals surface area contributed by atoms with Gasteiger partial charge in [-0.2, -0.15) is 0 Å². The number of hydrogen-bond donors (Lipinski definition) is 1. The third-order valence-electron chi connectivity index (χ3n) is 2.73. The van der Waals surface area contributed by atoms with Crippen LogP contribution in [0.1, 0.15) is 40.3 Å². The summed E-state index contributed by atoms with van der Waals surface area (Å²) in [7, 11) is 0. The first-order valence-corrected chi connectivity index (χ1v) is 7.90. The van der Waals surface area contributed by atoms with E-state index in [4.69, 9.17) is 5.73 Å². The smallest absolute Gasteiger partial charge is 0.273 e. The molecule has 0 bridgehead atoms. The van der Waals surface area contributed by atoms with Crippen LogP contribution in [0.3, 0.4) is 0 Å². The Kier molecular flexibility index (Phi) is 4.68. The van der Waals surface area contributed by atoms with E-state index in [2.05, 4.69) is 4.98 Å². The number of thiophene rings is 1. The molecule has 0 aromatic carbocycles. The lowest BCUT2D eigenvalue weighted by molar-refractivity contribution is 0.0749. The lowest BCUT2D eigenvalue weighted by Gasteiger charge is -2.18. The van der Waals surface area contributed by atoms with Gasteiger partial charge in [-0.3, -0.25) is 4.79 Å². The van der Waals surface area contributed by atoms with E-state index < -0.39 is 0 Å². The molecule has 1 atom stereocenters. The molecule has 2 aromatic rings. The van der Waals surface area contributed by atoms with Crippen molar-refractivity contribution >= 4 is 28.6 Å². The van der Waals surface area contributed by atoms with Crippen LogP contribution in [-0.4, -0.2) is 22.3 Å². The van der Waals surface area contributed by atoms with Crippen LogP contribution in [0.25, 0.3) is 0 Å². The number of nitrogens with zero attached hydrogens (tertiary/aromatic N) is 2. The van der Waals surface area contributed by atoms with Gasteiger partial charge >= 0.3 is 0 Å². The van der Waals surface area contributed by atoms with Gasteiger partial charge in [0.2, 0.25) is 0 Å². The van der Waals surface area contributed by atoms with Gasteiger partial charge in [0.1, 0.15) is 10.7 Å². The number of aromatic nitrogens is 1. The zero-order valence-corrected chi connectivity index (χ0v) is 12.6. The summed E-state index contributed by atoms with van der Waals surface area (Å²) in [6, 6.07) is 3.91. The molecular weight excluding hydrogens is 278 g/mol. The third-order valence-corrected chi connectivity index (χ3v) is 4.63. The highest BCUT2D eigenvalue weighted by Gasteiger charge is 2.18. The third kappa shape index (κ3) is 3.40. The topological polar surface area (TPSA) is 59.2 Å². The first-order valence-electron chi connectivity index (χ1n) is 6.14. The molecule has 1 amide bonds. The summed E-state index contributed by atoms with van der Waals surface area (Å²) < 4.78 is 0. The summed E-state index contributed by atoms with van der Waals surface area (Å²) in [5.41, 5.74) is 6.27. The quantitative estimate of drug-likeness (QED) is 0.922. The van der Waals surface area contributed by atoms with E-state index in [0.29, 0.717) is 18.8 Å². The van der Waals surface area contributed by atoms with Crippen molar-refractivity contribution in [2.75, 3.05) is 6.54 Å². The van der Waals surface area contributed by atoms with Crippen molar-refractivity contribution in [3.63, 3.8) is 0 Å². The van der Waals surface area contributed by atoms with Crippen LogP contribution in [0.4, 0.5) is 0 Å². The van der Waals surface area contributed by atoms with Crippen LogP contribution in [0.5, 0.6) is 0 Å². The number of thiazole rings is 1. The highest BCUT2D eigenvalue weighted by atomic mass is 32.1. The predicted octanol–water partition coefficient (Wildman–Crippen LogP) is 2.89. The molecule has 4 nitrogen and oxygen atoms in total. The second-order valence-corrected chi connectivity index (χ2v) is 6.18. The van der Waals surface area contributed by atoms with E-state index in [1.807, 2.05) is 31.4 Å². The fraction of sp³-hybridized carbons (Fsp3) is 0.385. The highest BCUT2D eigenvalue weighted by molar-refractivity contribution is 7.10. The summed E-state index contributed by atoms with van der Waals surface area (Å²) in [6.45, 7) is 5.15. The second-order valence-electron chi connectivity index (χ2n) is 4.26. The number of carbonyl (C=O) groups excluding carboxylic acids is 1. The van der Waals surface area contributed by atoms with E-state index in [0.717, 1.165) is 5.01 Å². The summed E-state index contributed by atoms with van der Waals surface area (Å²) in [6.07, 6.45) is 0. The van der Waals surface area contributed by atoms with Crippen molar-refractivity contribution in [2.24, 2.45) is 5.73 Å². The Bertz CT molecular complexity index is 534. The van der Waals surface area contributed by atoms with Crippen LogP contribution >= 0.6 is 22.7 Å². The first-order chi connectivity index (χ1) is 9.11. The zero-order chi connectivity index (χ0) is 13.8. The minimum Gasteiger partial charge on any atom is -0.332 e. The Hall–Kier alpha value is -1.24. The normalized spacial score (nSPS) is 12.4. The van der Waals surface area contributed by atoms with E-state index in [-0.39, 0.29) is 11.9 Å². The standard InChI is InChI=1S/C13H17N3OS2/c1-3-16(7-10-5-4-6-18-10)13(17)11-8-19-12(15-11)9(2)14/h4-6,8-9H,3,7,14H2,1-2H3. The molecule has 0 spiro atoms. The zero-order valence-electron chi connectivity index (χ0n) is 11.0. The van der Waals surface area contributed by atoms with Gasteiger partial charge in [-0.1, -0.05) is 6.07 Å². The van der Waals surface area contributed by atoms with Crippen molar-refractivity contribution in [3.8, 4) is 0 Å². The van der Waals surface area contributed by atoms with Crippen LogP contribution in [-0.2, 0) is 6.54 Å². The van der Waals surface area contributed by atoms with E-state index in [9.17, 15) is 4.79 Å². The van der Waals surface area contributed by atoms with E-state index in [1.54, 1.807) is 21.6 Å². The molecule has 6 heteroatoms. The fourth-order valence-corrected chi connectivity index (χ4v) is 3.15. The summed E-state index contributed by atoms with van der Waals surface area (Å²) >= 11 is 3.10. The number of hydrogen-bond acceptors (Lipinski definition) is 5. The molecule has 0 fully saturated rings. The number of amides is 1. The molecule has 0 radical (unpaired) electrons. The number of carbonyl (C=O) groups is 1. The van der Waals surface area contributed by atoms with E-state index in [1.165, 1.54) is 16.2 Å². The molecule has 0 aliphatic rings. The molecule has 102 valence electrons. The lowest BCUT2D eigenvalue weighted by Crippen LogP contribution is -2.30. The molecule has 2 N–H and O–H groups in total. The molecule has 0 aliphatic carbocycles. The van der Waals surface area contributed by atoms with Crippen molar-refractivity contribution in [1.29, 1.82) is 0 Å². The average Bonchev–Trinajstić information content (AvgIpc) is 3.06. The Balaban J connectivity index is 2.11. The maximum Gasteiger partial charge on any atom is 0.273 e. The Labute approximate surface area is 120 Å². The molecule has 2 rings (SSSR count). The van der Waals surface area contributed by atoms with Crippen LogP contribution in [0.2, 0.25) is 0 Å². The van der Waals surface area contributed by atoms with Gasteiger partial charge in [-0.15, -0.1) is 22.7 Å². The van der Waals surface area contributed by atoms with Crippen LogP contribution in [0, 0.1) is 0 Å². The van der Waals surface area contributed by atoms with Crippen molar-refractivity contribution in [3.05, 3.63) is 38.5 Å². The van der Waals surface area contributed by atoms with Gasteiger partial charge in [-0.25, -0.2) is 4.98 Å². The molecule has 19 heavy (non-hydrogen) atoms. The second kappa shape index (κ2) is 6.27. The van der Waals surface area contributed by atoms with Gasteiger partial charge in [0.15, 0.2) is 0 Å². The van der Waals surface area contributed by atoms with Gasteiger partial charge in [0.05, 0.1) is 12.6 Å². The molecule has 0 saturated heterocycles. The molecule has 0 aliphatic heterocycles. The maximum absolute atomic E-state index is 12.4.